The Balaban J connectivity index is 2.02. The highest BCUT2D eigenvalue weighted by atomic mass is 127. The van der Waals surface area contributed by atoms with Gasteiger partial charge >= 0.3 is 6.18 Å². The van der Waals surface area contributed by atoms with Crippen LogP contribution in [0.3, 0.4) is 0 Å². The number of carbonyl (C=O) groups is 3. The number of fused-ring (bicyclic) bond motifs is 3. The molecule has 0 radical (unpaired) electrons. The van der Waals surface area contributed by atoms with Gasteiger partial charge in [-0.15, -0.1) is 0 Å². The summed E-state index contributed by atoms with van der Waals surface area (Å²) in [7, 11) is -1.44. The molecule has 3 aliphatic carbocycles. The van der Waals surface area contributed by atoms with Crippen molar-refractivity contribution in [2.45, 2.75) is 30.7 Å². The fraction of sp³-hybridized carbons (Fsp3) is 0.409. The molecule has 0 aliphatic heterocycles. The molecule has 0 saturated carbocycles. The highest BCUT2D eigenvalue weighted by Gasteiger charge is 2.63. The van der Waals surface area contributed by atoms with E-state index in [1.807, 2.05) is 0 Å². The molecule has 212 valence electrons. The molecule has 0 bridgehead atoms. The smallest absolute Gasteiger partial charge is 0.416 e. The topological polar surface area (TPSA) is 208 Å². The van der Waals surface area contributed by atoms with Crippen molar-refractivity contribution in [3.63, 3.8) is 0 Å². The Bertz CT molecular complexity index is 1520. The number of nitrogens with zero attached hydrogens (tertiary/aromatic N) is 1. The number of hydrogen-bond acceptors (Lipinski definition) is 10. The predicted octanol–water partition coefficient (Wildman–Crippen LogP) is 1.23. The van der Waals surface area contributed by atoms with Crippen molar-refractivity contribution in [3.8, 4) is 5.75 Å². The lowest BCUT2D eigenvalue weighted by Gasteiger charge is -2.50. The van der Waals surface area contributed by atoms with Crippen molar-refractivity contribution in [1.29, 1.82) is 0 Å². The number of hydrogen-bond donors (Lipinski definition) is 6. The summed E-state index contributed by atoms with van der Waals surface area (Å²) >= 11 is 0.861. The zero-order valence-corrected chi connectivity index (χ0v) is 23.0. The number of Topliss-reactive ketones (excluding diaryl/α,β-unsaturated/α-hetero) is 2. The summed E-state index contributed by atoms with van der Waals surface area (Å²) in [6.45, 7) is 0. The van der Waals surface area contributed by atoms with Crippen LogP contribution in [-0.2, 0) is 29.4 Å². The Labute approximate surface area is 230 Å². The predicted molar refractivity (Wildman–Crippen MR) is 135 cm³/mol. The van der Waals surface area contributed by atoms with E-state index in [0.29, 0.717) is 6.07 Å². The number of benzene rings is 1. The van der Waals surface area contributed by atoms with Gasteiger partial charge in [-0.25, -0.2) is 0 Å². The summed E-state index contributed by atoms with van der Waals surface area (Å²) in [5, 5.41) is 44.1. The summed E-state index contributed by atoms with van der Waals surface area (Å²) in [6.07, 6.45) is -6.13. The lowest BCUT2D eigenvalue weighted by Crippen LogP contribution is -2.63. The maximum absolute atomic E-state index is 14.1. The van der Waals surface area contributed by atoms with Gasteiger partial charge < -0.3 is 26.2 Å². The maximum atomic E-state index is 14.1. The quantitative estimate of drug-likeness (QED) is 0.116. The minimum atomic E-state index is -5.10. The number of primary amides is 1. The number of nitrogens with two attached hydrogens (primary N) is 1. The number of aliphatic hydroxyl groups is 3. The Morgan fingerprint density at radius 1 is 1.23 bits per heavy atom. The molecule has 0 heterocycles. The second-order valence-corrected chi connectivity index (χ2v) is 14.2. The number of aromatic hydroxyl groups is 1. The van der Waals surface area contributed by atoms with E-state index in [4.69, 9.17) is 5.73 Å². The third kappa shape index (κ3) is 4.34. The Morgan fingerprint density at radius 2 is 1.82 bits per heavy atom. The molecule has 17 heteroatoms. The number of carbonyl (C=O) groups excluding carboxylic acids is 3. The zero-order valence-electron chi connectivity index (χ0n) is 20.0. The van der Waals surface area contributed by atoms with Gasteiger partial charge in [-0.3, -0.25) is 24.0 Å². The lowest BCUT2D eigenvalue weighted by atomic mass is 9.58. The average molecular weight is 687 g/mol. The lowest BCUT2D eigenvalue weighted by molar-refractivity contribution is -0.148. The van der Waals surface area contributed by atoms with Crippen LogP contribution in [0.5, 0.6) is 5.75 Å². The van der Waals surface area contributed by atoms with Gasteiger partial charge in [0.1, 0.15) is 17.1 Å². The third-order valence-electron chi connectivity index (χ3n) is 7.26. The van der Waals surface area contributed by atoms with Gasteiger partial charge in [-0.05, 0) is 44.5 Å². The number of halogens is 4. The molecule has 0 saturated heterocycles. The molecule has 7 N–H and O–H groups in total. The molecule has 4 atom stereocenters. The number of amides is 1. The van der Waals surface area contributed by atoms with Crippen LogP contribution in [0.25, 0.3) is 0 Å². The van der Waals surface area contributed by atoms with Crippen molar-refractivity contribution >= 4 is 51.6 Å². The van der Waals surface area contributed by atoms with Crippen LogP contribution in [0.2, 0.25) is 0 Å². The molecule has 1 amide bonds. The number of anilines is 1. The van der Waals surface area contributed by atoms with Gasteiger partial charge in [0, 0.05) is 11.5 Å². The Morgan fingerprint density at radius 3 is 2.31 bits per heavy atom. The first-order chi connectivity index (χ1) is 17.7. The Kier molecular flexibility index (Phi) is 6.76. The number of phenolic OH excluding ortho intramolecular Hbond substituents is 1. The van der Waals surface area contributed by atoms with Crippen molar-refractivity contribution in [3.05, 3.63) is 45.4 Å². The van der Waals surface area contributed by atoms with Crippen LogP contribution >= 0.6 is 21.2 Å². The molecule has 0 fully saturated rings. The second-order valence-electron chi connectivity index (χ2n) is 9.67. The van der Waals surface area contributed by atoms with E-state index < -0.39 is 118 Å². The molecule has 3 aliphatic rings. The minimum Gasteiger partial charge on any atom is -0.510 e. The average Bonchev–Trinajstić information content (AvgIpc) is 2.76. The molecular weight excluding hydrogens is 666 g/mol. The number of phenols is 1. The summed E-state index contributed by atoms with van der Waals surface area (Å²) < 4.78 is 67.3. The van der Waals surface area contributed by atoms with Crippen LogP contribution in [0.15, 0.2) is 28.7 Å². The van der Waals surface area contributed by atoms with E-state index in [2.05, 4.69) is 0 Å². The third-order valence-corrected chi connectivity index (χ3v) is 8.38. The summed E-state index contributed by atoms with van der Waals surface area (Å²) in [5.41, 5.74) is -3.51. The van der Waals surface area contributed by atoms with Crippen molar-refractivity contribution in [1.82, 2.24) is 4.90 Å². The van der Waals surface area contributed by atoms with E-state index in [1.165, 1.54) is 19.0 Å². The van der Waals surface area contributed by atoms with Crippen LogP contribution in [0.4, 0.5) is 18.9 Å². The molecule has 1 aromatic rings. The second kappa shape index (κ2) is 9.07. The largest absolute Gasteiger partial charge is 0.510 e. The maximum Gasteiger partial charge on any atom is 0.416 e. The van der Waals surface area contributed by atoms with Crippen molar-refractivity contribution in [2.24, 2.45) is 17.6 Å². The Hall–Kier alpha value is -2.90. The fourth-order valence-corrected chi connectivity index (χ4v) is 6.91. The van der Waals surface area contributed by atoms with Gasteiger partial charge in [-0.1, -0.05) is 0 Å². The molecular formula is C22H21F3IN3O9S. The number of ketones is 2. The van der Waals surface area contributed by atoms with Gasteiger partial charge in [0.25, 0.3) is 13.1 Å². The molecule has 39 heavy (non-hydrogen) atoms. The first kappa shape index (κ1) is 29.1. The number of rotatable bonds is 4. The standard InChI is InChI=1S/C22H21F3IN3O9S/c1-29(2)14-9-4-6-3-7-8(22(23,24)25)5-10(28-39(26,37)38)15(30)12(7)16(31)11(6)18(33)21(9,36)19(34)13(17(14)32)20(27)35/h5-6,9,14,28,30,32-33,36H,3-4H2,1-2H3,(H2,27,35)/t6-,9-,14-,21-/m0/s1. The highest BCUT2D eigenvalue weighted by molar-refractivity contribution is 14.2. The van der Waals surface area contributed by atoms with E-state index in [0.717, 1.165) is 21.2 Å². The molecule has 1 aromatic carbocycles. The molecule has 0 aromatic heterocycles. The number of nitrogens with one attached hydrogen (secondary N) is 1. The highest BCUT2D eigenvalue weighted by Crippen LogP contribution is 2.54. The number of aliphatic hydroxyl groups excluding tert-OH is 2. The monoisotopic (exact) mass is 687 g/mol. The summed E-state index contributed by atoms with van der Waals surface area (Å²) in [4.78, 5) is 40.1. The normalized spacial score (nSPS) is 27.3. The zero-order chi connectivity index (χ0) is 29.6. The fourth-order valence-electron chi connectivity index (χ4n) is 5.78. The van der Waals surface area contributed by atoms with Crippen LogP contribution in [0.1, 0.15) is 27.9 Å². The van der Waals surface area contributed by atoms with Gasteiger partial charge in [0.05, 0.1) is 44.1 Å². The van der Waals surface area contributed by atoms with Crippen LogP contribution < -0.4 is 10.5 Å². The van der Waals surface area contributed by atoms with Crippen molar-refractivity contribution in [2.75, 3.05) is 18.8 Å². The van der Waals surface area contributed by atoms with Crippen molar-refractivity contribution < 1.29 is 56.4 Å². The first-order valence-electron chi connectivity index (χ1n) is 11.1. The summed E-state index contributed by atoms with van der Waals surface area (Å²) in [5.74, 6) is -10.2. The number of likely N-dealkylation sites (N-methyl/N-ethyl adjacent to an activating group) is 1. The van der Waals surface area contributed by atoms with Crippen LogP contribution in [-0.4, -0.2) is 77.0 Å². The van der Waals surface area contributed by atoms with Gasteiger partial charge in [0.2, 0.25) is 5.78 Å². The van der Waals surface area contributed by atoms with E-state index in [9.17, 15) is 56.4 Å². The van der Waals surface area contributed by atoms with Crippen LogP contribution in [0, 0.1) is 11.8 Å². The van der Waals surface area contributed by atoms with E-state index in [1.54, 1.807) is 4.72 Å². The van der Waals surface area contributed by atoms with Gasteiger partial charge in [0.15, 0.2) is 17.1 Å². The molecule has 12 nitrogen and oxygen atoms in total. The van der Waals surface area contributed by atoms with Gasteiger partial charge in [-0.2, -0.15) is 21.6 Å². The molecule has 0 spiro atoms. The summed E-state index contributed by atoms with van der Waals surface area (Å²) in [6, 6.07) is -0.974. The number of allylic oxidation sites excluding steroid dienone is 1. The molecule has 0 unspecified atom stereocenters. The number of alkyl halides is 3. The van der Waals surface area contributed by atoms with E-state index >= 15 is 0 Å². The SMILES string of the molecule is CN(C)[C@@H]1C(O)=C(C(N)=O)C(=O)[C@@]2(O)C(O)=C3C(=O)c4c(O)c(NS(=O)(=O)I)cc(C(F)(F)F)c4C[C@H]3C[C@@H]12. The molecule has 4 rings (SSSR count). The van der Waals surface area contributed by atoms with E-state index in [-0.39, 0.29) is 0 Å². The first-order valence-corrected chi connectivity index (χ1v) is 15.1. The minimum absolute atomic E-state index is 0.339.